The van der Waals surface area contributed by atoms with E-state index in [0.29, 0.717) is 24.1 Å². The minimum absolute atomic E-state index is 0.0564. The molecule has 30 heavy (non-hydrogen) atoms. The Labute approximate surface area is 177 Å². The van der Waals surface area contributed by atoms with E-state index in [2.05, 4.69) is 16.0 Å². The van der Waals surface area contributed by atoms with Crippen LogP contribution in [0, 0.1) is 11.7 Å². The highest BCUT2D eigenvalue weighted by Crippen LogP contribution is 2.15. The van der Waals surface area contributed by atoms with Crippen molar-refractivity contribution in [3.8, 4) is 0 Å². The van der Waals surface area contributed by atoms with Gasteiger partial charge in [0.05, 0.1) is 5.54 Å². The lowest BCUT2D eigenvalue weighted by molar-refractivity contribution is -0.126. The van der Waals surface area contributed by atoms with E-state index in [1.807, 2.05) is 44.2 Å². The third-order valence-electron chi connectivity index (χ3n) is 4.66. The summed E-state index contributed by atoms with van der Waals surface area (Å²) in [4.78, 5) is 24.2. The Kier molecular flexibility index (Phi) is 8.35. The second-order valence-electron chi connectivity index (χ2n) is 8.15. The summed E-state index contributed by atoms with van der Waals surface area (Å²) in [7, 11) is 0. The largest absolute Gasteiger partial charge is 0.350 e. The predicted octanol–water partition coefficient (Wildman–Crippen LogP) is 3.20. The highest BCUT2D eigenvalue weighted by Gasteiger charge is 2.28. The molecule has 0 saturated heterocycles. The van der Waals surface area contributed by atoms with E-state index in [9.17, 15) is 14.0 Å². The molecule has 1 unspecified atom stereocenters. The number of nitrogens with one attached hydrogen (secondary N) is 3. The lowest BCUT2D eigenvalue weighted by Gasteiger charge is -2.25. The molecule has 2 aromatic carbocycles. The molecular formula is C23H31FN4O2. The first-order valence-electron chi connectivity index (χ1n) is 10.1. The topological polar surface area (TPSA) is 96.2 Å². The van der Waals surface area contributed by atoms with Gasteiger partial charge in [-0.3, -0.25) is 4.79 Å². The van der Waals surface area contributed by atoms with Crippen molar-refractivity contribution in [2.75, 3.05) is 0 Å². The second kappa shape index (κ2) is 10.7. The molecule has 5 N–H and O–H groups in total. The summed E-state index contributed by atoms with van der Waals surface area (Å²) in [5, 5.41) is 8.16. The molecule has 0 heterocycles. The molecule has 2 aromatic rings. The number of hydrogen-bond acceptors (Lipinski definition) is 3. The van der Waals surface area contributed by atoms with Crippen molar-refractivity contribution in [3.05, 3.63) is 71.0 Å². The first-order chi connectivity index (χ1) is 14.2. The van der Waals surface area contributed by atoms with Gasteiger partial charge in [-0.1, -0.05) is 56.3 Å². The van der Waals surface area contributed by atoms with Crippen molar-refractivity contribution in [1.29, 1.82) is 0 Å². The maximum Gasteiger partial charge on any atom is 0.315 e. The van der Waals surface area contributed by atoms with Gasteiger partial charge in [0.1, 0.15) is 5.82 Å². The van der Waals surface area contributed by atoms with Gasteiger partial charge in [0.2, 0.25) is 5.91 Å². The zero-order valence-electron chi connectivity index (χ0n) is 17.8. The van der Waals surface area contributed by atoms with Crippen LogP contribution in [0.4, 0.5) is 9.18 Å². The summed E-state index contributed by atoms with van der Waals surface area (Å²) < 4.78 is 14.4. The van der Waals surface area contributed by atoms with Crippen molar-refractivity contribution in [2.45, 2.75) is 52.4 Å². The van der Waals surface area contributed by atoms with Crippen LogP contribution in [0.1, 0.15) is 43.9 Å². The van der Waals surface area contributed by atoms with Crippen LogP contribution in [0.2, 0.25) is 0 Å². The Morgan fingerprint density at radius 1 is 0.967 bits per heavy atom. The molecule has 0 aromatic heterocycles. The molecule has 0 aliphatic rings. The molecular weight excluding hydrogens is 383 g/mol. The molecule has 0 radical (unpaired) electrons. The highest BCUT2D eigenvalue weighted by molar-refractivity contribution is 5.85. The number of halogens is 1. The molecule has 162 valence electrons. The van der Waals surface area contributed by atoms with Crippen molar-refractivity contribution in [1.82, 2.24) is 16.0 Å². The lowest BCUT2D eigenvalue weighted by Crippen LogP contribution is -2.52. The van der Waals surface area contributed by atoms with Crippen LogP contribution in [0.3, 0.4) is 0 Å². The number of carbonyl (C=O) groups is 2. The van der Waals surface area contributed by atoms with Crippen LogP contribution in [-0.2, 0) is 24.4 Å². The number of benzene rings is 2. The van der Waals surface area contributed by atoms with E-state index in [-0.39, 0.29) is 30.9 Å². The van der Waals surface area contributed by atoms with E-state index < -0.39 is 11.4 Å². The van der Waals surface area contributed by atoms with E-state index in [1.165, 1.54) is 6.07 Å². The van der Waals surface area contributed by atoms with E-state index >= 15 is 0 Å². The Hall–Kier alpha value is -2.93. The average Bonchev–Trinajstić information content (AvgIpc) is 2.69. The van der Waals surface area contributed by atoms with Crippen molar-refractivity contribution >= 4 is 11.9 Å². The smallest absolute Gasteiger partial charge is 0.315 e. The fourth-order valence-corrected chi connectivity index (χ4v) is 3.19. The number of amides is 3. The molecule has 2 rings (SSSR count). The van der Waals surface area contributed by atoms with Crippen LogP contribution < -0.4 is 21.7 Å². The predicted molar refractivity (Wildman–Crippen MR) is 116 cm³/mol. The van der Waals surface area contributed by atoms with Gasteiger partial charge in [-0.2, -0.15) is 0 Å². The second-order valence-corrected chi connectivity index (χ2v) is 8.15. The Morgan fingerprint density at radius 3 is 2.20 bits per heavy atom. The molecule has 0 spiro atoms. The van der Waals surface area contributed by atoms with Gasteiger partial charge in [0, 0.05) is 25.2 Å². The van der Waals surface area contributed by atoms with Crippen molar-refractivity contribution < 1.29 is 14.0 Å². The lowest BCUT2D eigenvalue weighted by atomic mass is 9.91. The summed E-state index contributed by atoms with van der Waals surface area (Å²) in [5.41, 5.74) is 7.05. The molecule has 3 amide bonds. The molecule has 0 fully saturated rings. The number of rotatable bonds is 9. The third-order valence-corrected chi connectivity index (χ3v) is 4.66. The van der Waals surface area contributed by atoms with Crippen LogP contribution in [-0.4, -0.2) is 17.5 Å². The maximum atomic E-state index is 14.4. The fraction of sp³-hybridized carbons (Fsp3) is 0.391. The first kappa shape index (κ1) is 23.3. The summed E-state index contributed by atoms with van der Waals surface area (Å²) in [5.74, 6) is -0.475. The number of urea groups is 1. The highest BCUT2D eigenvalue weighted by atomic mass is 19.1. The van der Waals surface area contributed by atoms with Gasteiger partial charge in [-0.15, -0.1) is 0 Å². The van der Waals surface area contributed by atoms with Crippen LogP contribution >= 0.6 is 0 Å². The molecule has 7 heteroatoms. The Balaban J connectivity index is 1.81. The van der Waals surface area contributed by atoms with Crippen molar-refractivity contribution in [2.24, 2.45) is 11.7 Å². The molecule has 0 aliphatic carbocycles. The van der Waals surface area contributed by atoms with E-state index in [0.717, 1.165) is 5.56 Å². The molecule has 0 bridgehead atoms. The van der Waals surface area contributed by atoms with Gasteiger partial charge in [0.25, 0.3) is 0 Å². The van der Waals surface area contributed by atoms with Gasteiger partial charge >= 0.3 is 6.03 Å². The van der Waals surface area contributed by atoms with Gasteiger partial charge in [-0.25, -0.2) is 9.18 Å². The zero-order chi connectivity index (χ0) is 22.1. The molecule has 1 atom stereocenters. The average molecular weight is 415 g/mol. The number of carbonyl (C=O) groups excluding carboxylic acids is 2. The minimum atomic E-state index is -0.998. The van der Waals surface area contributed by atoms with Gasteiger partial charge in [0.15, 0.2) is 0 Å². The monoisotopic (exact) mass is 414 g/mol. The standard InChI is InChI=1S/C23H31FN4O2/c1-16(2)12-23(3,25)21(29)26-15-19-10-9-18(11-20(19)24)14-28-22(30)27-13-17-7-5-4-6-8-17/h4-11,16H,12-15,25H2,1-3H3,(H,26,29)(H2,27,28,30). The van der Waals surface area contributed by atoms with E-state index in [4.69, 9.17) is 5.73 Å². The summed E-state index contributed by atoms with van der Waals surface area (Å²) >= 11 is 0. The quantitative estimate of drug-likeness (QED) is 0.507. The number of nitrogens with two attached hydrogens (primary N) is 1. The van der Waals surface area contributed by atoms with Crippen molar-refractivity contribution in [3.63, 3.8) is 0 Å². The fourth-order valence-electron chi connectivity index (χ4n) is 3.19. The summed E-state index contributed by atoms with van der Waals surface area (Å²) in [6.07, 6.45) is 0.540. The van der Waals surface area contributed by atoms with Crippen LogP contribution in [0.25, 0.3) is 0 Å². The normalized spacial score (nSPS) is 12.9. The Morgan fingerprint density at radius 2 is 1.60 bits per heavy atom. The SMILES string of the molecule is CC(C)CC(C)(N)C(=O)NCc1ccc(CNC(=O)NCc2ccccc2)cc1F. The summed E-state index contributed by atoms with van der Waals surface area (Å²) in [6, 6.07) is 13.9. The Bertz CT molecular complexity index is 854. The van der Waals surface area contributed by atoms with Crippen LogP contribution in [0.5, 0.6) is 0 Å². The zero-order valence-corrected chi connectivity index (χ0v) is 17.8. The van der Waals surface area contributed by atoms with Gasteiger partial charge in [-0.05, 0) is 36.5 Å². The van der Waals surface area contributed by atoms with E-state index in [1.54, 1.807) is 19.1 Å². The molecule has 6 nitrogen and oxygen atoms in total. The third kappa shape index (κ3) is 7.48. The minimum Gasteiger partial charge on any atom is -0.350 e. The van der Waals surface area contributed by atoms with Gasteiger partial charge < -0.3 is 21.7 Å². The number of hydrogen-bond donors (Lipinski definition) is 4. The maximum absolute atomic E-state index is 14.4. The van der Waals surface area contributed by atoms with Crippen LogP contribution in [0.15, 0.2) is 48.5 Å². The first-order valence-corrected chi connectivity index (χ1v) is 10.1. The molecule has 0 aliphatic heterocycles. The summed E-state index contributed by atoms with van der Waals surface area (Å²) in [6.45, 7) is 6.33. The molecule has 0 saturated carbocycles.